The van der Waals surface area contributed by atoms with Crippen molar-refractivity contribution >= 4 is 11.7 Å². The summed E-state index contributed by atoms with van der Waals surface area (Å²) in [7, 11) is 0. The summed E-state index contributed by atoms with van der Waals surface area (Å²) in [4.78, 5) is 20.4. The average molecular weight is 358 g/mol. The van der Waals surface area contributed by atoms with E-state index < -0.39 is 25.0 Å². The molecule has 0 saturated heterocycles. The fraction of sp³-hybridized carbons (Fsp3) is 0.400. The molecule has 3 N–H and O–H groups in total. The number of pyridine rings is 1. The minimum atomic E-state index is -4.44. The smallest absolute Gasteiger partial charge is 0.422 e. The number of rotatable bonds is 5. The van der Waals surface area contributed by atoms with E-state index in [4.69, 9.17) is 10.8 Å². The number of alkyl halides is 3. The molecule has 0 saturated carbocycles. The molecule has 136 valence electrons. The molecule has 0 fully saturated rings. The van der Waals surface area contributed by atoms with E-state index in [-0.39, 0.29) is 18.1 Å². The van der Waals surface area contributed by atoms with Crippen LogP contribution in [-0.2, 0) is 11.3 Å². The molecule has 1 aromatic rings. The molecule has 0 bridgehead atoms. The van der Waals surface area contributed by atoms with Crippen LogP contribution in [0.1, 0.15) is 18.1 Å². The number of carbonyl (C=O) groups is 1. The van der Waals surface area contributed by atoms with E-state index in [0.29, 0.717) is 16.8 Å². The number of carboxylic acid groups (broad SMARTS) is 1. The van der Waals surface area contributed by atoms with Gasteiger partial charge in [-0.15, -0.1) is 0 Å². The second-order valence-corrected chi connectivity index (χ2v) is 5.52. The van der Waals surface area contributed by atoms with Crippen LogP contribution < -0.4 is 10.5 Å². The Labute approximate surface area is 141 Å². The molecule has 7 nitrogen and oxygen atoms in total. The highest BCUT2D eigenvalue weighted by Crippen LogP contribution is 2.22. The Bertz CT molecular complexity index is 731. The summed E-state index contributed by atoms with van der Waals surface area (Å²) in [5, 5.41) is 8.97. The summed E-state index contributed by atoms with van der Waals surface area (Å²) >= 11 is 0. The number of aryl methyl sites for hydroxylation is 1. The van der Waals surface area contributed by atoms with Crippen molar-refractivity contribution in [3.8, 4) is 5.88 Å². The van der Waals surface area contributed by atoms with E-state index >= 15 is 0 Å². The van der Waals surface area contributed by atoms with Crippen LogP contribution in [0.5, 0.6) is 5.88 Å². The summed E-state index contributed by atoms with van der Waals surface area (Å²) in [6, 6.07) is 1.63. The SMILES string of the molecule is CC1=CC(C(=O)O)=NC(N)N1Cc1cnc(OCC(F)(F)F)c(C)c1. The Hall–Kier alpha value is -2.62. The Morgan fingerprint density at radius 2 is 2.12 bits per heavy atom. The fourth-order valence-electron chi connectivity index (χ4n) is 2.28. The lowest BCUT2D eigenvalue weighted by atomic mass is 10.1. The van der Waals surface area contributed by atoms with Gasteiger partial charge in [0.05, 0.1) is 0 Å². The van der Waals surface area contributed by atoms with Gasteiger partial charge in [-0.1, -0.05) is 0 Å². The topological polar surface area (TPSA) is 101 Å². The molecular formula is C15H17F3N4O3. The average Bonchev–Trinajstić information content (AvgIpc) is 2.48. The predicted octanol–water partition coefficient (Wildman–Crippen LogP) is 1.82. The largest absolute Gasteiger partial charge is 0.477 e. The van der Waals surface area contributed by atoms with Crippen LogP contribution in [0.15, 0.2) is 29.0 Å². The standard InChI is InChI=1S/C15H17F3N4O3/c1-8-3-10(5-20-12(8)25-7-15(16,17)18)6-22-9(2)4-11(13(23)24)21-14(22)19/h3-5,14H,6-7,19H2,1-2H3,(H,23,24). The first-order chi connectivity index (χ1) is 11.6. The van der Waals surface area contributed by atoms with Crippen molar-refractivity contribution in [1.82, 2.24) is 9.88 Å². The van der Waals surface area contributed by atoms with Crippen molar-refractivity contribution < 1.29 is 27.8 Å². The molecule has 1 aliphatic rings. The van der Waals surface area contributed by atoms with Gasteiger partial charge in [-0.25, -0.2) is 14.8 Å². The Kier molecular flexibility index (Phi) is 5.31. The van der Waals surface area contributed by atoms with Crippen molar-refractivity contribution in [3.63, 3.8) is 0 Å². The predicted molar refractivity (Wildman–Crippen MR) is 82.9 cm³/mol. The lowest BCUT2D eigenvalue weighted by Gasteiger charge is -2.32. The van der Waals surface area contributed by atoms with Gasteiger partial charge in [0, 0.05) is 24.0 Å². The lowest BCUT2D eigenvalue weighted by Crippen LogP contribution is -2.42. The van der Waals surface area contributed by atoms with E-state index in [9.17, 15) is 18.0 Å². The molecule has 0 spiro atoms. The highest BCUT2D eigenvalue weighted by atomic mass is 19.4. The quantitative estimate of drug-likeness (QED) is 0.833. The summed E-state index contributed by atoms with van der Waals surface area (Å²) in [5.74, 6) is -1.26. The number of ether oxygens (including phenoxy) is 1. The van der Waals surface area contributed by atoms with Crippen LogP contribution in [0.4, 0.5) is 13.2 Å². The van der Waals surface area contributed by atoms with Crippen molar-refractivity contribution in [3.05, 3.63) is 35.2 Å². The van der Waals surface area contributed by atoms with E-state index in [1.807, 2.05) is 0 Å². The highest BCUT2D eigenvalue weighted by molar-refractivity contribution is 6.40. The van der Waals surface area contributed by atoms with Gasteiger partial charge in [-0.3, -0.25) is 5.73 Å². The van der Waals surface area contributed by atoms with Crippen molar-refractivity contribution in [2.45, 2.75) is 32.9 Å². The molecule has 0 radical (unpaired) electrons. The summed E-state index contributed by atoms with van der Waals surface area (Å²) in [5.41, 5.74) is 7.47. The van der Waals surface area contributed by atoms with Crippen LogP contribution in [0.2, 0.25) is 0 Å². The Morgan fingerprint density at radius 1 is 1.44 bits per heavy atom. The van der Waals surface area contributed by atoms with Crippen LogP contribution >= 0.6 is 0 Å². The normalized spacial score (nSPS) is 17.8. The number of carboxylic acids is 1. The number of hydrogen-bond acceptors (Lipinski definition) is 6. The first-order valence-corrected chi connectivity index (χ1v) is 7.23. The maximum atomic E-state index is 12.2. The van der Waals surface area contributed by atoms with Crippen LogP contribution in [0, 0.1) is 6.92 Å². The number of aliphatic carboxylic acids is 1. The molecule has 0 aliphatic carbocycles. The number of aliphatic imine (C=N–C) groups is 1. The summed E-state index contributed by atoms with van der Waals surface area (Å²) in [6.45, 7) is 2.14. The van der Waals surface area contributed by atoms with Crippen LogP contribution in [0.3, 0.4) is 0 Å². The number of nitrogens with zero attached hydrogens (tertiary/aromatic N) is 3. The molecule has 2 rings (SSSR count). The van der Waals surface area contributed by atoms with Crippen LogP contribution in [0.25, 0.3) is 0 Å². The van der Waals surface area contributed by atoms with E-state index in [2.05, 4.69) is 14.7 Å². The van der Waals surface area contributed by atoms with Gasteiger partial charge in [-0.2, -0.15) is 13.2 Å². The molecule has 2 heterocycles. The second-order valence-electron chi connectivity index (χ2n) is 5.52. The highest BCUT2D eigenvalue weighted by Gasteiger charge is 2.29. The zero-order valence-electron chi connectivity index (χ0n) is 13.5. The zero-order chi connectivity index (χ0) is 18.8. The maximum absolute atomic E-state index is 12.2. The number of allylic oxidation sites excluding steroid dienone is 1. The maximum Gasteiger partial charge on any atom is 0.422 e. The van der Waals surface area contributed by atoms with E-state index in [1.54, 1.807) is 24.8 Å². The summed E-state index contributed by atoms with van der Waals surface area (Å²) in [6.07, 6.45) is -2.53. The number of aromatic nitrogens is 1. The molecule has 1 atom stereocenters. The monoisotopic (exact) mass is 358 g/mol. The van der Waals surface area contributed by atoms with Gasteiger partial charge in [0.2, 0.25) is 5.88 Å². The Balaban J connectivity index is 2.10. The molecule has 25 heavy (non-hydrogen) atoms. The lowest BCUT2D eigenvalue weighted by molar-refractivity contribution is -0.154. The fourth-order valence-corrected chi connectivity index (χ4v) is 2.28. The van der Waals surface area contributed by atoms with E-state index in [1.165, 1.54) is 12.3 Å². The minimum Gasteiger partial charge on any atom is -0.477 e. The second kappa shape index (κ2) is 7.09. The zero-order valence-corrected chi connectivity index (χ0v) is 13.5. The minimum absolute atomic E-state index is 0.0949. The van der Waals surface area contributed by atoms with Gasteiger partial charge in [0.25, 0.3) is 0 Å². The van der Waals surface area contributed by atoms with Gasteiger partial charge >= 0.3 is 12.1 Å². The Morgan fingerprint density at radius 3 is 2.64 bits per heavy atom. The molecule has 1 aliphatic heterocycles. The molecule has 0 aromatic carbocycles. The number of hydrogen-bond donors (Lipinski definition) is 2. The first-order valence-electron chi connectivity index (χ1n) is 7.23. The number of halogens is 3. The number of nitrogens with two attached hydrogens (primary N) is 1. The van der Waals surface area contributed by atoms with Crippen molar-refractivity contribution in [2.75, 3.05) is 6.61 Å². The molecule has 1 unspecified atom stereocenters. The first kappa shape index (κ1) is 18.7. The van der Waals surface area contributed by atoms with Gasteiger partial charge < -0.3 is 14.7 Å². The van der Waals surface area contributed by atoms with Crippen molar-refractivity contribution in [2.24, 2.45) is 10.7 Å². The molecular weight excluding hydrogens is 341 g/mol. The molecule has 10 heteroatoms. The van der Waals surface area contributed by atoms with E-state index in [0.717, 1.165) is 0 Å². The molecule has 0 amide bonds. The van der Waals surface area contributed by atoms with Crippen molar-refractivity contribution in [1.29, 1.82) is 0 Å². The van der Waals surface area contributed by atoms with Gasteiger partial charge in [0.15, 0.2) is 12.9 Å². The molecule has 1 aromatic heterocycles. The van der Waals surface area contributed by atoms with Crippen LogP contribution in [-0.4, -0.2) is 45.7 Å². The van der Waals surface area contributed by atoms with Gasteiger partial charge in [-0.05, 0) is 31.6 Å². The third-order valence-corrected chi connectivity index (χ3v) is 3.42. The third kappa shape index (κ3) is 4.92. The third-order valence-electron chi connectivity index (χ3n) is 3.42. The van der Waals surface area contributed by atoms with Gasteiger partial charge in [0.1, 0.15) is 5.71 Å². The summed E-state index contributed by atoms with van der Waals surface area (Å²) < 4.78 is 41.3.